The Bertz CT molecular complexity index is 1020. The first-order valence-electron chi connectivity index (χ1n) is 8.56. The zero-order chi connectivity index (χ0) is 16.7. The molecule has 0 aliphatic carbocycles. The fraction of sp³-hybridized carbons (Fsp3) is 0.167. The number of hydrogen-bond donors (Lipinski definition) is 0. The van der Waals surface area contributed by atoms with Crippen LogP contribution in [0.2, 0.25) is 0 Å². The van der Waals surface area contributed by atoms with Crippen LogP contribution in [0.4, 0.5) is 0 Å². The van der Waals surface area contributed by atoms with Crippen molar-refractivity contribution in [3.63, 3.8) is 0 Å². The standard InChI is InChI=1S/C24H22/c1-24(2,3)21-15-9-13-19-16-18-12-7-8-14-20(18)22(23(19)21)17-10-5-4-6-11-17/h4-16H,1-3H3. The van der Waals surface area contributed by atoms with Crippen LogP contribution >= 0.6 is 0 Å². The lowest BCUT2D eigenvalue weighted by molar-refractivity contribution is 0.596. The zero-order valence-corrected chi connectivity index (χ0v) is 14.5. The molecule has 0 aliphatic heterocycles. The van der Waals surface area contributed by atoms with E-state index in [1.807, 2.05) is 0 Å². The summed E-state index contributed by atoms with van der Waals surface area (Å²) in [5.41, 5.74) is 4.15. The Balaban J connectivity index is 2.26. The molecule has 0 saturated carbocycles. The minimum atomic E-state index is 0.103. The maximum absolute atomic E-state index is 2.33. The number of rotatable bonds is 1. The molecule has 4 aromatic rings. The van der Waals surface area contributed by atoms with Crippen molar-refractivity contribution >= 4 is 21.5 Å². The van der Waals surface area contributed by atoms with E-state index >= 15 is 0 Å². The second kappa shape index (κ2) is 5.49. The van der Waals surface area contributed by atoms with E-state index in [1.165, 1.54) is 38.2 Å². The Hall–Kier alpha value is -2.60. The lowest BCUT2D eigenvalue weighted by Gasteiger charge is -2.24. The molecule has 0 aromatic heterocycles. The highest BCUT2D eigenvalue weighted by atomic mass is 14.2. The maximum atomic E-state index is 2.33. The van der Waals surface area contributed by atoms with E-state index in [2.05, 4.69) is 99.6 Å². The summed E-state index contributed by atoms with van der Waals surface area (Å²) in [7, 11) is 0. The molecule has 0 saturated heterocycles. The molecular formula is C24H22. The molecule has 0 unspecified atom stereocenters. The first-order valence-corrected chi connectivity index (χ1v) is 8.56. The van der Waals surface area contributed by atoms with E-state index in [-0.39, 0.29) is 5.41 Å². The zero-order valence-electron chi connectivity index (χ0n) is 14.5. The van der Waals surface area contributed by atoms with E-state index in [0.29, 0.717) is 0 Å². The van der Waals surface area contributed by atoms with Crippen molar-refractivity contribution in [1.82, 2.24) is 0 Å². The summed E-state index contributed by atoms with van der Waals surface area (Å²) in [6.45, 7) is 6.89. The van der Waals surface area contributed by atoms with Gasteiger partial charge >= 0.3 is 0 Å². The van der Waals surface area contributed by atoms with Crippen molar-refractivity contribution in [1.29, 1.82) is 0 Å². The topological polar surface area (TPSA) is 0 Å². The van der Waals surface area contributed by atoms with Crippen LogP contribution in [-0.4, -0.2) is 0 Å². The molecule has 0 nitrogen and oxygen atoms in total. The Morgan fingerprint density at radius 3 is 2.04 bits per heavy atom. The number of fused-ring (bicyclic) bond motifs is 2. The molecule has 0 aliphatic rings. The van der Waals surface area contributed by atoms with Gasteiger partial charge in [-0.05, 0) is 49.7 Å². The summed E-state index contributed by atoms with van der Waals surface area (Å²) < 4.78 is 0. The van der Waals surface area contributed by atoms with Crippen LogP contribution in [0.3, 0.4) is 0 Å². The van der Waals surface area contributed by atoms with Crippen molar-refractivity contribution in [2.75, 3.05) is 0 Å². The molecule has 118 valence electrons. The van der Waals surface area contributed by atoms with Crippen LogP contribution in [0.25, 0.3) is 32.7 Å². The van der Waals surface area contributed by atoms with Crippen LogP contribution in [0.5, 0.6) is 0 Å². The fourth-order valence-electron chi connectivity index (χ4n) is 3.65. The lowest BCUT2D eigenvalue weighted by Crippen LogP contribution is -2.12. The third-order valence-corrected chi connectivity index (χ3v) is 4.76. The average Bonchev–Trinajstić information content (AvgIpc) is 2.59. The van der Waals surface area contributed by atoms with E-state index in [9.17, 15) is 0 Å². The van der Waals surface area contributed by atoms with Crippen molar-refractivity contribution in [2.24, 2.45) is 0 Å². The van der Waals surface area contributed by atoms with Gasteiger partial charge < -0.3 is 0 Å². The van der Waals surface area contributed by atoms with Gasteiger partial charge in [0.25, 0.3) is 0 Å². The minimum Gasteiger partial charge on any atom is -0.0622 e. The molecule has 0 fully saturated rings. The molecule has 0 N–H and O–H groups in total. The van der Waals surface area contributed by atoms with E-state index < -0.39 is 0 Å². The van der Waals surface area contributed by atoms with Crippen LogP contribution in [-0.2, 0) is 5.41 Å². The van der Waals surface area contributed by atoms with Gasteiger partial charge in [-0.15, -0.1) is 0 Å². The van der Waals surface area contributed by atoms with E-state index in [0.717, 1.165) is 0 Å². The predicted molar refractivity (Wildman–Crippen MR) is 106 cm³/mol. The van der Waals surface area contributed by atoms with Crippen molar-refractivity contribution in [3.05, 3.63) is 84.4 Å². The highest BCUT2D eigenvalue weighted by Crippen LogP contribution is 2.41. The quantitative estimate of drug-likeness (QED) is 0.333. The number of hydrogen-bond acceptors (Lipinski definition) is 0. The summed E-state index contributed by atoms with van der Waals surface area (Å²) in [6, 6.07) is 28.5. The van der Waals surface area contributed by atoms with Gasteiger partial charge in [0.2, 0.25) is 0 Å². The first-order chi connectivity index (χ1) is 11.6. The molecule has 0 heterocycles. The Labute approximate surface area is 143 Å². The van der Waals surface area contributed by atoms with Gasteiger partial charge in [0, 0.05) is 0 Å². The molecule has 24 heavy (non-hydrogen) atoms. The van der Waals surface area contributed by atoms with Crippen LogP contribution < -0.4 is 0 Å². The molecule has 0 spiro atoms. The van der Waals surface area contributed by atoms with Crippen molar-refractivity contribution in [2.45, 2.75) is 26.2 Å². The summed E-state index contributed by atoms with van der Waals surface area (Å²) in [6.07, 6.45) is 0. The third kappa shape index (κ3) is 2.39. The molecule has 0 heteroatoms. The monoisotopic (exact) mass is 310 g/mol. The second-order valence-electron chi connectivity index (χ2n) is 7.49. The fourth-order valence-corrected chi connectivity index (χ4v) is 3.65. The molecule has 4 rings (SSSR count). The largest absolute Gasteiger partial charge is 0.0622 e. The lowest BCUT2D eigenvalue weighted by atomic mass is 9.80. The van der Waals surface area contributed by atoms with Crippen LogP contribution in [0.1, 0.15) is 26.3 Å². The molecular weight excluding hydrogens is 288 g/mol. The average molecular weight is 310 g/mol. The Kier molecular flexibility index (Phi) is 3.42. The van der Waals surface area contributed by atoms with Crippen LogP contribution in [0, 0.1) is 0 Å². The summed E-state index contributed by atoms with van der Waals surface area (Å²) >= 11 is 0. The predicted octanol–water partition coefficient (Wildman–Crippen LogP) is 6.96. The van der Waals surface area contributed by atoms with Crippen molar-refractivity contribution in [3.8, 4) is 11.1 Å². The smallest absolute Gasteiger partial charge is 0.00238 e. The van der Waals surface area contributed by atoms with E-state index in [1.54, 1.807) is 0 Å². The van der Waals surface area contributed by atoms with E-state index in [4.69, 9.17) is 0 Å². The van der Waals surface area contributed by atoms with Gasteiger partial charge in [0.05, 0.1) is 0 Å². The maximum Gasteiger partial charge on any atom is -0.00238 e. The van der Waals surface area contributed by atoms with Gasteiger partial charge in [-0.3, -0.25) is 0 Å². The van der Waals surface area contributed by atoms with Crippen LogP contribution in [0.15, 0.2) is 78.9 Å². The molecule has 0 radical (unpaired) electrons. The van der Waals surface area contributed by atoms with Gasteiger partial charge in [-0.25, -0.2) is 0 Å². The van der Waals surface area contributed by atoms with Gasteiger partial charge in [0.1, 0.15) is 0 Å². The molecule has 0 atom stereocenters. The summed E-state index contributed by atoms with van der Waals surface area (Å²) in [5, 5.41) is 5.33. The van der Waals surface area contributed by atoms with Gasteiger partial charge in [-0.2, -0.15) is 0 Å². The third-order valence-electron chi connectivity index (χ3n) is 4.76. The van der Waals surface area contributed by atoms with Crippen molar-refractivity contribution < 1.29 is 0 Å². The van der Waals surface area contributed by atoms with Gasteiger partial charge in [0.15, 0.2) is 0 Å². The first kappa shape index (κ1) is 15.0. The Morgan fingerprint density at radius 2 is 1.29 bits per heavy atom. The minimum absolute atomic E-state index is 0.103. The summed E-state index contributed by atoms with van der Waals surface area (Å²) in [4.78, 5) is 0. The molecule has 0 bridgehead atoms. The highest BCUT2D eigenvalue weighted by molar-refractivity contribution is 6.14. The molecule has 4 aromatic carbocycles. The normalized spacial score (nSPS) is 12.0. The second-order valence-corrected chi connectivity index (χ2v) is 7.49. The Morgan fingerprint density at radius 1 is 0.625 bits per heavy atom. The SMILES string of the molecule is CC(C)(C)c1cccc2cc3ccccc3c(-c3ccccc3)c12. The van der Waals surface area contributed by atoms with Gasteiger partial charge in [-0.1, -0.05) is 93.6 Å². The number of benzene rings is 4. The summed E-state index contributed by atoms with van der Waals surface area (Å²) in [5.74, 6) is 0. The molecule has 0 amide bonds. The highest BCUT2D eigenvalue weighted by Gasteiger charge is 2.20.